The van der Waals surface area contributed by atoms with Crippen molar-refractivity contribution in [2.24, 2.45) is 5.41 Å². The van der Waals surface area contributed by atoms with E-state index < -0.39 is 54.0 Å². The van der Waals surface area contributed by atoms with E-state index in [0.717, 1.165) is 89.9 Å². The summed E-state index contributed by atoms with van der Waals surface area (Å²) < 4.78 is 23.2. The van der Waals surface area contributed by atoms with Crippen LogP contribution in [0.3, 0.4) is 0 Å². The van der Waals surface area contributed by atoms with Crippen LogP contribution in [0.5, 0.6) is 0 Å². The van der Waals surface area contributed by atoms with Crippen LogP contribution in [0, 0.1) is 5.41 Å². The molecule has 0 spiro atoms. The number of carbonyl (C=O) groups is 4. The van der Waals surface area contributed by atoms with Crippen LogP contribution in [0.25, 0.3) is 0 Å². The quantitative estimate of drug-likeness (QED) is 0.206. The van der Waals surface area contributed by atoms with Crippen molar-refractivity contribution in [1.82, 2.24) is 0 Å². The van der Waals surface area contributed by atoms with E-state index in [1.54, 1.807) is 0 Å². The summed E-state index contributed by atoms with van der Waals surface area (Å²) in [6.07, 6.45) is 14.9. The molecular formula is C30H46O8. The van der Waals surface area contributed by atoms with Crippen molar-refractivity contribution in [3.63, 3.8) is 0 Å². The van der Waals surface area contributed by atoms with Gasteiger partial charge in [-0.15, -0.1) is 0 Å². The first kappa shape index (κ1) is 28.9. The maximum absolute atomic E-state index is 13.9. The van der Waals surface area contributed by atoms with Crippen LogP contribution in [-0.4, -0.2) is 48.3 Å². The minimum Gasteiger partial charge on any atom is -0.462 e. The Labute approximate surface area is 226 Å². The maximum Gasteiger partial charge on any atom is 0.336 e. The molecule has 0 aromatic rings. The minimum absolute atomic E-state index is 0.271. The van der Waals surface area contributed by atoms with E-state index in [-0.39, 0.29) is 6.10 Å². The summed E-state index contributed by atoms with van der Waals surface area (Å²) in [6, 6.07) is 0. The second-order valence-corrected chi connectivity index (χ2v) is 11.8. The maximum atomic E-state index is 13.9. The lowest BCUT2D eigenvalue weighted by molar-refractivity contribution is -0.196. The number of hydrogen-bond acceptors (Lipinski definition) is 8. The molecule has 4 aliphatic carbocycles. The van der Waals surface area contributed by atoms with E-state index in [2.05, 4.69) is 0 Å². The van der Waals surface area contributed by atoms with Gasteiger partial charge in [0, 0.05) is 0 Å². The number of hydrogen-bond donors (Lipinski definition) is 0. The van der Waals surface area contributed by atoms with Crippen molar-refractivity contribution >= 4 is 23.9 Å². The van der Waals surface area contributed by atoms with Crippen LogP contribution in [0.15, 0.2) is 0 Å². The van der Waals surface area contributed by atoms with Gasteiger partial charge in [0.2, 0.25) is 0 Å². The minimum atomic E-state index is -2.50. The van der Waals surface area contributed by atoms with Gasteiger partial charge in [0.15, 0.2) is 0 Å². The number of carbonyl (C=O) groups excluding carboxylic acids is 4. The van der Waals surface area contributed by atoms with Gasteiger partial charge in [-0.05, 0) is 103 Å². The average Bonchev–Trinajstić information content (AvgIpc) is 2.93. The largest absolute Gasteiger partial charge is 0.462 e. The summed E-state index contributed by atoms with van der Waals surface area (Å²) >= 11 is 0. The molecule has 0 atom stereocenters. The van der Waals surface area contributed by atoms with Gasteiger partial charge in [0.05, 0.1) is 6.42 Å². The van der Waals surface area contributed by atoms with Gasteiger partial charge < -0.3 is 18.9 Å². The molecule has 8 heteroatoms. The summed E-state index contributed by atoms with van der Waals surface area (Å²) in [5.41, 5.74) is -2.50. The molecule has 38 heavy (non-hydrogen) atoms. The van der Waals surface area contributed by atoms with Crippen molar-refractivity contribution in [2.45, 2.75) is 159 Å². The predicted molar refractivity (Wildman–Crippen MR) is 139 cm³/mol. The zero-order valence-electron chi connectivity index (χ0n) is 22.9. The fraction of sp³-hybridized carbons (Fsp3) is 0.867. The summed E-state index contributed by atoms with van der Waals surface area (Å²) in [5, 5.41) is 0. The lowest BCUT2D eigenvalue weighted by Crippen LogP contribution is -2.53. The number of rotatable bonds is 9. The van der Waals surface area contributed by atoms with E-state index in [1.807, 2.05) is 0 Å². The molecule has 0 saturated heterocycles. The first-order valence-corrected chi connectivity index (χ1v) is 15.3. The summed E-state index contributed by atoms with van der Waals surface area (Å²) in [7, 11) is 0. The van der Waals surface area contributed by atoms with Crippen LogP contribution in [0.2, 0.25) is 0 Å². The van der Waals surface area contributed by atoms with Gasteiger partial charge in [0.25, 0.3) is 5.41 Å². The average molecular weight is 535 g/mol. The fourth-order valence-corrected chi connectivity index (χ4v) is 6.40. The monoisotopic (exact) mass is 534 g/mol. The van der Waals surface area contributed by atoms with Crippen LogP contribution in [0.1, 0.15) is 135 Å². The summed E-state index contributed by atoms with van der Waals surface area (Å²) in [5.74, 6) is -3.82. The Hall–Kier alpha value is -2.12. The van der Waals surface area contributed by atoms with E-state index in [0.29, 0.717) is 38.5 Å². The predicted octanol–water partition coefficient (Wildman–Crippen LogP) is 5.87. The normalized spacial score (nSPS) is 22.8. The van der Waals surface area contributed by atoms with Crippen molar-refractivity contribution < 1.29 is 38.1 Å². The molecular weight excluding hydrogens is 488 g/mol. The van der Waals surface area contributed by atoms with Crippen molar-refractivity contribution in [3.8, 4) is 0 Å². The molecule has 0 radical (unpaired) electrons. The third kappa shape index (κ3) is 7.72. The molecule has 0 aliphatic heterocycles. The fourth-order valence-electron chi connectivity index (χ4n) is 6.40. The number of esters is 4. The van der Waals surface area contributed by atoms with Crippen LogP contribution >= 0.6 is 0 Å². The first-order chi connectivity index (χ1) is 18.5. The Balaban J connectivity index is 1.60. The number of ether oxygens (including phenoxy) is 4. The van der Waals surface area contributed by atoms with Gasteiger partial charge in [0.1, 0.15) is 24.4 Å². The SMILES string of the molecule is O=C(CC(C(=O)OC1CCCCC1)(C(=O)OC1CCCCC1)C(=O)OC1CCCCC1)OC1CCCCC1. The standard InChI is InChI=1S/C30H46O8/c31-26(35-22-13-5-1-6-14-22)21-30(27(32)36-23-15-7-2-8-16-23,28(33)37-24-17-9-3-10-18-24)29(34)38-25-19-11-4-12-20-25/h22-25H,1-21H2. The third-order valence-corrected chi connectivity index (χ3v) is 8.78. The van der Waals surface area contributed by atoms with Crippen LogP contribution in [0.4, 0.5) is 0 Å². The van der Waals surface area contributed by atoms with E-state index in [4.69, 9.17) is 18.9 Å². The lowest BCUT2D eigenvalue weighted by Gasteiger charge is -2.34. The van der Waals surface area contributed by atoms with E-state index in [9.17, 15) is 19.2 Å². The molecule has 4 fully saturated rings. The second kappa shape index (κ2) is 14.3. The highest BCUT2D eigenvalue weighted by molar-refractivity contribution is 6.20. The molecule has 0 unspecified atom stereocenters. The topological polar surface area (TPSA) is 105 Å². The first-order valence-electron chi connectivity index (χ1n) is 15.3. The third-order valence-electron chi connectivity index (χ3n) is 8.78. The van der Waals surface area contributed by atoms with Gasteiger partial charge in [-0.2, -0.15) is 0 Å². The molecule has 0 amide bonds. The smallest absolute Gasteiger partial charge is 0.336 e. The second-order valence-electron chi connectivity index (χ2n) is 11.8. The van der Waals surface area contributed by atoms with Crippen LogP contribution in [-0.2, 0) is 38.1 Å². The Morgan fingerprint density at radius 3 is 0.974 bits per heavy atom. The van der Waals surface area contributed by atoms with Crippen LogP contribution < -0.4 is 0 Å². The lowest BCUT2D eigenvalue weighted by atomic mass is 9.83. The summed E-state index contributed by atoms with van der Waals surface area (Å²) in [6.45, 7) is 0. The van der Waals surface area contributed by atoms with Gasteiger partial charge >= 0.3 is 23.9 Å². The van der Waals surface area contributed by atoms with Crippen molar-refractivity contribution in [1.29, 1.82) is 0 Å². The molecule has 4 rings (SSSR count). The Morgan fingerprint density at radius 2 is 0.684 bits per heavy atom. The highest BCUT2D eigenvalue weighted by Gasteiger charge is 2.61. The molecule has 0 aromatic heterocycles. The molecule has 0 N–H and O–H groups in total. The highest BCUT2D eigenvalue weighted by atomic mass is 16.6. The molecule has 0 heterocycles. The molecule has 8 nitrogen and oxygen atoms in total. The zero-order valence-corrected chi connectivity index (χ0v) is 22.9. The summed E-state index contributed by atoms with van der Waals surface area (Å²) in [4.78, 5) is 55.0. The van der Waals surface area contributed by atoms with E-state index >= 15 is 0 Å². The molecule has 0 bridgehead atoms. The Bertz CT molecular complexity index is 720. The van der Waals surface area contributed by atoms with Gasteiger partial charge in [-0.1, -0.05) is 25.7 Å². The zero-order chi connectivity index (χ0) is 26.8. The van der Waals surface area contributed by atoms with E-state index in [1.165, 1.54) is 0 Å². The van der Waals surface area contributed by atoms with Crippen molar-refractivity contribution in [2.75, 3.05) is 0 Å². The van der Waals surface area contributed by atoms with Gasteiger partial charge in [-0.25, -0.2) is 0 Å². The van der Waals surface area contributed by atoms with Crippen molar-refractivity contribution in [3.05, 3.63) is 0 Å². The Kier molecular flexibility index (Phi) is 10.9. The Morgan fingerprint density at radius 1 is 0.421 bits per heavy atom. The molecule has 214 valence electrons. The molecule has 0 aromatic carbocycles. The van der Waals surface area contributed by atoms with Gasteiger partial charge in [-0.3, -0.25) is 19.2 Å². The molecule has 4 saturated carbocycles. The highest BCUT2D eigenvalue weighted by Crippen LogP contribution is 2.36. The molecule has 4 aliphatic rings.